The minimum absolute atomic E-state index is 0.265. The molecule has 1 aromatic carbocycles. The van der Waals surface area contributed by atoms with Gasteiger partial charge in [0.1, 0.15) is 11.9 Å². The Labute approximate surface area is 182 Å². The highest BCUT2D eigenvalue weighted by atomic mass is 16.5. The number of carbonyl (C=O) groups is 1. The van der Waals surface area contributed by atoms with E-state index in [1.54, 1.807) is 0 Å². The number of ether oxygens (including phenoxy) is 1. The van der Waals surface area contributed by atoms with Crippen LogP contribution >= 0.6 is 0 Å². The van der Waals surface area contributed by atoms with Crippen molar-refractivity contribution in [1.82, 2.24) is 14.7 Å². The topological polar surface area (TPSA) is 36.0 Å². The molecule has 0 spiro atoms. The van der Waals surface area contributed by atoms with Crippen LogP contribution < -0.4 is 4.74 Å². The Morgan fingerprint density at radius 3 is 2.33 bits per heavy atom. The van der Waals surface area contributed by atoms with Gasteiger partial charge in [0.25, 0.3) is 0 Å². The highest BCUT2D eigenvalue weighted by Crippen LogP contribution is 2.36. The van der Waals surface area contributed by atoms with Crippen LogP contribution in [0.2, 0.25) is 0 Å². The van der Waals surface area contributed by atoms with Crippen LogP contribution in [0.3, 0.4) is 0 Å². The lowest BCUT2D eigenvalue weighted by Crippen LogP contribution is -2.68. The van der Waals surface area contributed by atoms with Crippen molar-refractivity contribution in [2.24, 2.45) is 11.8 Å². The molecular weight excluding hydrogens is 374 g/mol. The van der Waals surface area contributed by atoms with Gasteiger partial charge in [0, 0.05) is 32.1 Å². The Morgan fingerprint density at radius 2 is 1.70 bits per heavy atom. The van der Waals surface area contributed by atoms with Crippen molar-refractivity contribution >= 4 is 5.91 Å². The van der Waals surface area contributed by atoms with Crippen molar-refractivity contribution < 1.29 is 9.53 Å². The summed E-state index contributed by atoms with van der Waals surface area (Å²) in [5.41, 5.74) is 0. The minimum Gasteiger partial charge on any atom is -0.487 e. The van der Waals surface area contributed by atoms with Gasteiger partial charge in [-0.25, -0.2) is 0 Å². The van der Waals surface area contributed by atoms with Crippen molar-refractivity contribution in [3.63, 3.8) is 0 Å². The first-order valence-electron chi connectivity index (χ1n) is 11.9. The molecule has 0 radical (unpaired) electrons. The molecule has 3 fully saturated rings. The van der Waals surface area contributed by atoms with Gasteiger partial charge in [-0.2, -0.15) is 0 Å². The molecule has 0 aliphatic carbocycles. The van der Waals surface area contributed by atoms with Gasteiger partial charge in [-0.15, -0.1) is 0 Å². The summed E-state index contributed by atoms with van der Waals surface area (Å²) in [7, 11) is 2.18. The summed E-state index contributed by atoms with van der Waals surface area (Å²) in [6.45, 7) is 9.67. The van der Waals surface area contributed by atoms with Crippen LogP contribution in [0.4, 0.5) is 0 Å². The van der Waals surface area contributed by atoms with Gasteiger partial charge in [0.05, 0.1) is 6.04 Å². The molecule has 0 saturated carbocycles. The molecule has 2 atom stereocenters. The summed E-state index contributed by atoms with van der Waals surface area (Å²) in [4.78, 5) is 20.0. The average molecular weight is 414 g/mol. The smallest absolute Gasteiger partial charge is 0.222 e. The van der Waals surface area contributed by atoms with E-state index in [1.807, 2.05) is 18.2 Å². The number of para-hydroxylation sites is 1. The Hall–Kier alpha value is -1.59. The number of nitrogens with zero attached hydrogens (tertiary/aromatic N) is 3. The molecule has 166 valence electrons. The lowest BCUT2D eigenvalue weighted by molar-refractivity contribution is -0.136. The second-order valence-electron chi connectivity index (χ2n) is 9.92. The van der Waals surface area contributed by atoms with E-state index in [-0.39, 0.29) is 6.10 Å². The van der Waals surface area contributed by atoms with E-state index in [0.717, 1.165) is 57.7 Å². The first-order chi connectivity index (χ1) is 14.5. The van der Waals surface area contributed by atoms with Gasteiger partial charge in [-0.05, 0) is 83.6 Å². The number of piperidine rings is 2. The number of carbonyl (C=O) groups excluding carboxylic acids is 1. The van der Waals surface area contributed by atoms with Crippen LogP contribution in [0.25, 0.3) is 0 Å². The normalized spacial score (nSPS) is 27.3. The zero-order valence-corrected chi connectivity index (χ0v) is 19.0. The van der Waals surface area contributed by atoms with Crippen molar-refractivity contribution in [2.45, 2.75) is 64.1 Å². The van der Waals surface area contributed by atoms with E-state index in [9.17, 15) is 4.79 Å². The molecule has 5 nitrogen and oxygen atoms in total. The number of likely N-dealkylation sites (tertiary alicyclic amines) is 3. The number of hydrogen-bond donors (Lipinski definition) is 0. The molecule has 3 saturated heterocycles. The summed E-state index contributed by atoms with van der Waals surface area (Å²) in [6.07, 6.45) is 5.55. The SMILES string of the molecule is CC(C)N1C[C@H](Oc2ccccc2)[C@@H]1C1CCN(C(=O)CC2CCN(C)CC2)CC1. The quantitative estimate of drug-likeness (QED) is 0.715. The molecule has 0 bridgehead atoms. The standard InChI is InChI=1S/C25H39N3O2/c1-19(2)28-18-23(30-22-7-5-4-6-8-22)25(28)21-11-15-27(16-12-21)24(29)17-20-9-13-26(3)14-10-20/h4-8,19-21,23,25H,9-18H2,1-3H3/t23-,25-/m0/s1. The Morgan fingerprint density at radius 1 is 1.03 bits per heavy atom. The van der Waals surface area contributed by atoms with Gasteiger partial charge in [-0.3, -0.25) is 9.69 Å². The van der Waals surface area contributed by atoms with E-state index in [0.29, 0.717) is 29.8 Å². The predicted molar refractivity (Wildman–Crippen MR) is 121 cm³/mol. The molecule has 0 unspecified atom stereocenters. The summed E-state index contributed by atoms with van der Waals surface area (Å²) < 4.78 is 6.35. The lowest BCUT2D eigenvalue weighted by Gasteiger charge is -2.54. The van der Waals surface area contributed by atoms with Crippen LogP contribution in [0.15, 0.2) is 30.3 Å². The fraction of sp³-hybridized carbons (Fsp3) is 0.720. The minimum atomic E-state index is 0.265. The summed E-state index contributed by atoms with van der Waals surface area (Å²) >= 11 is 0. The van der Waals surface area contributed by atoms with Crippen LogP contribution in [-0.4, -0.2) is 78.6 Å². The maximum atomic E-state index is 12.9. The third-order valence-corrected chi connectivity index (χ3v) is 7.53. The van der Waals surface area contributed by atoms with E-state index < -0.39 is 0 Å². The third kappa shape index (κ3) is 5.00. The molecule has 0 aromatic heterocycles. The molecule has 4 rings (SSSR count). The van der Waals surface area contributed by atoms with Crippen molar-refractivity contribution in [2.75, 3.05) is 39.8 Å². The van der Waals surface area contributed by atoms with Crippen LogP contribution in [0.1, 0.15) is 46.0 Å². The number of benzene rings is 1. The molecule has 5 heteroatoms. The molecule has 0 N–H and O–H groups in total. The Kier molecular flexibility index (Phi) is 6.99. The summed E-state index contributed by atoms with van der Waals surface area (Å²) in [5.74, 6) is 2.55. The van der Waals surface area contributed by atoms with Crippen molar-refractivity contribution in [3.8, 4) is 5.75 Å². The molecular formula is C25H39N3O2. The maximum Gasteiger partial charge on any atom is 0.222 e. The van der Waals surface area contributed by atoms with E-state index in [2.05, 4.69) is 47.7 Å². The van der Waals surface area contributed by atoms with Gasteiger partial charge >= 0.3 is 0 Å². The molecule has 1 amide bonds. The summed E-state index contributed by atoms with van der Waals surface area (Å²) in [6, 6.07) is 11.2. The van der Waals surface area contributed by atoms with Gasteiger partial charge in [0.15, 0.2) is 0 Å². The molecule has 3 heterocycles. The number of amides is 1. The zero-order valence-electron chi connectivity index (χ0n) is 19.0. The number of hydrogen-bond acceptors (Lipinski definition) is 4. The lowest BCUT2D eigenvalue weighted by atomic mass is 9.79. The number of rotatable bonds is 6. The third-order valence-electron chi connectivity index (χ3n) is 7.53. The molecule has 3 aliphatic heterocycles. The Bertz CT molecular complexity index is 679. The Balaban J connectivity index is 1.29. The maximum absolute atomic E-state index is 12.9. The first kappa shape index (κ1) is 21.6. The second kappa shape index (κ2) is 9.69. The van der Waals surface area contributed by atoms with Crippen LogP contribution in [-0.2, 0) is 4.79 Å². The second-order valence-corrected chi connectivity index (χ2v) is 9.92. The van der Waals surface area contributed by atoms with Crippen LogP contribution in [0.5, 0.6) is 5.75 Å². The van der Waals surface area contributed by atoms with Crippen LogP contribution in [0, 0.1) is 11.8 Å². The van der Waals surface area contributed by atoms with Gasteiger partial charge < -0.3 is 14.5 Å². The highest BCUT2D eigenvalue weighted by molar-refractivity contribution is 5.76. The fourth-order valence-electron chi connectivity index (χ4n) is 5.56. The van der Waals surface area contributed by atoms with Gasteiger partial charge in [0.2, 0.25) is 5.91 Å². The zero-order chi connectivity index (χ0) is 21.1. The first-order valence-corrected chi connectivity index (χ1v) is 11.9. The summed E-state index contributed by atoms with van der Waals surface area (Å²) in [5, 5.41) is 0. The van der Waals surface area contributed by atoms with Crippen molar-refractivity contribution in [3.05, 3.63) is 30.3 Å². The van der Waals surface area contributed by atoms with E-state index in [4.69, 9.17) is 4.74 Å². The molecule has 3 aliphatic rings. The largest absolute Gasteiger partial charge is 0.487 e. The van der Waals surface area contributed by atoms with Gasteiger partial charge in [-0.1, -0.05) is 18.2 Å². The fourth-order valence-corrected chi connectivity index (χ4v) is 5.56. The average Bonchev–Trinajstić information content (AvgIpc) is 2.73. The monoisotopic (exact) mass is 413 g/mol. The van der Waals surface area contributed by atoms with E-state index >= 15 is 0 Å². The molecule has 30 heavy (non-hydrogen) atoms. The highest BCUT2D eigenvalue weighted by Gasteiger charge is 2.47. The molecule has 1 aromatic rings. The van der Waals surface area contributed by atoms with E-state index in [1.165, 1.54) is 12.8 Å². The predicted octanol–water partition coefficient (Wildman–Crippen LogP) is 3.50. The van der Waals surface area contributed by atoms with Crippen molar-refractivity contribution in [1.29, 1.82) is 0 Å².